The fraction of sp³-hybridized carbons (Fsp3) is 0.909. The van der Waals surface area contributed by atoms with E-state index in [1.807, 2.05) is 4.90 Å². The number of hydrogen-bond donors (Lipinski definition) is 1. The number of ether oxygens (including phenoxy) is 1. The van der Waals surface area contributed by atoms with Crippen molar-refractivity contribution in [3.8, 4) is 0 Å². The third-order valence-corrected chi connectivity index (χ3v) is 2.92. The van der Waals surface area contributed by atoms with Gasteiger partial charge < -0.3 is 15.0 Å². The second-order valence-electron chi connectivity index (χ2n) is 4.33. The number of nitrogens with zero attached hydrogens (tertiary/aromatic N) is 1. The van der Waals surface area contributed by atoms with Gasteiger partial charge in [0.05, 0.1) is 6.61 Å². The average molecular weight is 212 g/mol. The number of rotatable bonds is 4. The van der Waals surface area contributed by atoms with Crippen molar-refractivity contribution in [2.45, 2.75) is 31.7 Å². The highest BCUT2D eigenvalue weighted by Gasteiger charge is 2.21. The van der Waals surface area contributed by atoms with Crippen molar-refractivity contribution >= 4 is 5.91 Å². The molecule has 4 heteroatoms. The molecule has 1 amide bonds. The smallest absolute Gasteiger partial charge is 0.223 e. The monoisotopic (exact) mass is 212 g/mol. The molecule has 1 heterocycles. The van der Waals surface area contributed by atoms with Crippen LogP contribution < -0.4 is 5.32 Å². The van der Waals surface area contributed by atoms with Crippen LogP contribution in [0.4, 0.5) is 0 Å². The number of hydrogen-bond acceptors (Lipinski definition) is 3. The Hall–Kier alpha value is -0.610. The molecule has 0 aromatic carbocycles. The summed E-state index contributed by atoms with van der Waals surface area (Å²) in [5.41, 5.74) is 0. The SMILES string of the molecule is O=C(CCNC1CC1)N1CCCOCC1. The fourth-order valence-corrected chi connectivity index (χ4v) is 1.82. The Morgan fingerprint density at radius 2 is 2.20 bits per heavy atom. The Morgan fingerprint density at radius 1 is 1.33 bits per heavy atom. The van der Waals surface area contributed by atoms with Crippen LogP contribution in [0.1, 0.15) is 25.7 Å². The third kappa shape index (κ3) is 3.80. The zero-order valence-corrected chi connectivity index (χ0v) is 9.21. The van der Waals surface area contributed by atoms with E-state index in [0.717, 1.165) is 32.7 Å². The van der Waals surface area contributed by atoms with Crippen molar-refractivity contribution in [3.63, 3.8) is 0 Å². The minimum absolute atomic E-state index is 0.272. The predicted octanol–water partition coefficient (Wildman–Crippen LogP) is 0.377. The average Bonchev–Trinajstić information content (AvgIpc) is 3.04. The van der Waals surface area contributed by atoms with E-state index in [0.29, 0.717) is 19.1 Å². The summed E-state index contributed by atoms with van der Waals surface area (Å²) in [4.78, 5) is 13.7. The van der Waals surface area contributed by atoms with Gasteiger partial charge in [0.1, 0.15) is 0 Å². The lowest BCUT2D eigenvalue weighted by molar-refractivity contribution is -0.131. The summed E-state index contributed by atoms with van der Waals surface area (Å²) >= 11 is 0. The van der Waals surface area contributed by atoms with Gasteiger partial charge in [0, 0.05) is 38.7 Å². The van der Waals surface area contributed by atoms with Gasteiger partial charge in [-0.1, -0.05) is 0 Å². The second kappa shape index (κ2) is 5.47. The van der Waals surface area contributed by atoms with Gasteiger partial charge in [0.15, 0.2) is 0 Å². The molecule has 0 atom stereocenters. The molecule has 1 aliphatic heterocycles. The Bertz CT molecular complexity index is 209. The Kier molecular flexibility index (Phi) is 3.97. The van der Waals surface area contributed by atoms with Gasteiger partial charge in [-0.2, -0.15) is 0 Å². The zero-order valence-electron chi connectivity index (χ0n) is 9.21. The fourth-order valence-electron chi connectivity index (χ4n) is 1.82. The lowest BCUT2D eigenvalue weighted by Crippen LogP contribution is -2.35. The van der Waals surface area contributed by atoms with Gasteiger partial charge >= 0.3 is 0 Å². The standard InChI is InChI=1S/C11H20N2O2/c14-11(4-5-12-10-2-3-10)13-6-1-8-15-9-7-13/h10,12H,1-9H2. The first-order chi connectivity index (χ1) is 7.36. The first-order valence-electron chi connectivity index (χ1n) is 5.95. The second-order valence-corrected chi connectivity index (χ2v) is 4.33. The lowest BCUT2D eigenvalue weighted by atomic mass is 10.3. The maximum absolute atomic E-state index is 11.8. The molecule has 0 bridgehead atoms. The Balaban J connectivity index is 1.63. The first-order valence-corrected chi connectivity index (χ1v) is 5.95. The van der Waals surface area contributed by atoms with Crippen molar-refractivity contribution in [1.82, 2.24) is 10.2 Å². The van der Waals surface area contributed by atoms with Gasteiger partial charge in [-0.15, -0.1) is 0 Å². The van der Waals surface area contributed by atoms with Crippen molar-refractivity contribution in [2.24, 2.45) is 0 Å². The first kappa shape index (κ1) is 10.9. The van der Waals surface area contributed by atoms with Crippen LogP contribution >= 0.6 is 0 Å². The molecule has 0 aromatic heterocycles. The molecule has 0 radical (unpaired) electrons. The van der Waals surface area contributed by atoms with Crippen LogP contribution in [0.2, 0.25) is 0 Å². The van der Waals surface area contributed by atoms with E-state index >= 15 is 0 Å². The van der Waals surface area contributed by atoms with Crippen molar-refractivity contribution < 1.29 is 9.53 Å². The summed E-state index contributed by atoms with van der Waals surface area (Å²) in [6.45, 7) is 3.96. The molecule has 1 saturated heterocycles. The normalized spacial score (nSPS) is 22.5. The highest BCUT2D eigenvalue weighted by molar-refractivity contribution is 5.76. The summed E-state index contributed by atoms with van der Waals surface area (Å²) in [6, 6.07) is 0.699. The molecular weight excluding hydrogens is 192 g/mol. The topological polar surface area (TPSA) is 41.6 Å². The molecule has 15 heavy (non-hydrogen) atoms. The lowest BCUT2D eigenvalue weighted by Gasteiger charge is -2.19. The van der Waals surface area contributed by atoms with E-state index in [2.05, 4.69) is 5.32 Å². The third-order valence-electron chi connectivity index (χ3n) is 2.92. The summed E-state index contributed by atoms with van der Waals surface area (Å²) in [7, 11) is 0. The van der Waals surface area contributed by atoms with Crippen LogP contribution in [-0.2, 0) is 9.53 Å². The quantitative estimate of drug-likeness (QED) is 0.732. The molecule has 2 fully saturated rings. The van der Waals surface area contributed by atoms with Crippen LogP contribution in [0, 0.1) is 0 Å². The van der Waals surface area contributed by atoms with Gasteiger partial charge in [-0.25, -0.2) is 0 Å². The van der Waals surface area contributed by atoms with Crippen molar-refractivity contribution in [2.75, 3.05) is 32.8 Å². The Labute approximate surface area is 91.0 Å². The van der Waals surface area contributed by atoms with Crippen LogP contribution in [0.25, 0.3) is 0 Å². The number of nitrogens with one attached hydrogen (secondary N) is 1. The van der Waals surface area contributed by atoms with E-state index in [-0.39, 0.29) is 5.91 Å². The molecule has 86 valence electrons. The zero-order chi connectivity index (χ0) is 10.5. The number of amides is 1. The predicted molar refractivity (Wildman–Crippen MR) is 57.7 cm³/mol. The van der Waals surface area contributed by atoms with Crippen molar-refractivity contribution in [3.05, 3.63) is 0 Å². The van der Waals surface area contributed by atoms with Crippen LogP contribution in [0.3, 0.4) is 0 Å². The molecule has 0 aromatic rings. The highest BCUT2D eigenvalue weighted by Crippen LogP contribution is 2.18. The van der Waals surface area contributed by atoms with E-state index in [9.17, 15) is 4.79 Å². The summed E-state index contributed by atoms with van der Waals surface area (Å²) < 4.78 is 5.32. The number of carbonyl (C=O) groups is 1. The maximum atomic E-state index is 11.8. The van der Waals surface area contributed by atoms with Crippen molar-refractivity contribution in [1.29, 1.82) is 0 Å². The molecule has 4 nitrogen and oxygen atoms in total. The van der Waals surface area contributed by atoms with Gasteiger partial charge in [-0.05, 0) is 19.3 Å². The molecule has 1 saturated carbocycles. The molecule has 0 unspecified atom stereocenters. The minimum Gasteiger partial charge on any atom is -0.380 e. The highest BCUT2D eigenvalue weighted by atomic mass is 16.5. The molecular formula is C11H20N2O2. The van der Waals surface area contributed by atoms with Crippen LogP contribution in [0.15, 0.2) is 0 Å². The molecule has 1 N–H and O–H groups in total. The summed E-state index contributed by atoms with van der Waals surface area (Å²) in [5.74, 6) is 0.272. The maximum Gasteiger partial charge on any atom is 0.223 e. The number of carbonyl (C=O) groups excluding carboxylic acids is 1. The summed E-state index contributed by atoms with van der Waals surface area (Å²) in [6.07, 6.45) is 4.18. The van der Waals surface area contributed by atoms with E-state index in [4.69, 9.17) is 4.74 Å². The minimum atomic E-state index is 0.272. The van der Waals surface area contributed by atoms with Crippen LogP contribution in [-0.4, -0.2) is 49.7 Å². The largest absolute Gasteiger partial charge is 0.380 e. The Morgan fingerprint density at radius 3 is 3.00 bits per heavy atom. The van der Waals surface area contributed by atoms with Crippen LogP contribution in [0.5, 0.6) is 0 Å². The van der Waals surface area contributed by atoms with Gasteiger partial charge in [0.2, 0.25) is 5.91 Å². The molecule has 1 aliphatic carbocycles. The van der Waals surface area contributed by atoms with Gasteiger partial charge in [0.25, 0.3) is 0 Å². The molecule has 2 aliphatic rings. The molecule has 0 spiro atoms. The van der Waals surface area contributed by atoms with E-state index in [1.54, 1.807) is 0 Å². The summed E-state index contributed by atoms with van der Waals surface area (Å²) in [5, 5.41) is 3.36. The van der Waals surface area contributed by atoms with E-state index < -0.39 is 0 Å². The van der Waals surface area contributed by atoms with E-state index in [1.165, 1.54) is 12.8 Å². The molecule has 2 rings (SSSR count). The van der Waals surface area contributed by atoms with Gasteiger partial charge in [-0.3, -0.25) is 4.79 Å².